The minimum atomic E-state index is 0.932. The highest BCUT2D eigenvalue weighted by atomic mass is 15.1. The lowest BCUT2D eigenvalue weighted by Gasteiger charge is -2.20. The summed E-state index contributed by atoms with van der Waals surface area (Å²) in [7, 11) is 0. The Morgan fingerprint density at radius 1 is 0.846 bits per heavy atom. The molecule has 0 saturated heterocycles. The highest BCUT2D eigenvalue weighted by Gasteiger charge is 2.08. The molecule has 4 nitrogen and oxygen atoms in total. The van der Waals surface area contributed by atoms with Gasteiger partial charge in [0, 0.05) is 43.3 Å². The number of hydrogen-bond donors (Lipinski definition) is 1. The summed E-state index contributed by atoms with van der Waals surface area (Å²) in [6.07, 6.45) is 7.51. The maximum Gasteiger partial charge on any atom is 0.137 e. The molecule has 0 unspecified atom stereocenters. The van der Waals surface area contributed by atoms with E-state index in [0.29, 0.717) is 0 Å². The summed E-state index contributed by atoms with van der Waals surface area (Å²) in [5, 5.41) is 1.16. The Labute approximate surface area is 153 Å². The van der Waals surface area contributed by atoms with Crippen LogP contribution >= 0.6 is 0 Å². The largest absolute Gasteiger partial charge is 0.346 e. The van der Waals surface area contributed by atoms with Crippen molar-refractivity contribution in [2.45, 2.75) is 20.0 Å². The summed E-state index contributed by atoms with van der Waals surface area (Å²) in [6.45, 7) is 5.09. The van der Waals surface area contributed by atoms with Gasteiger partial charge in [-0.1, -0.05) is 31.2 Å². The first-order valence-corrected chi connectivity index (χ1v) is 8.96. The Kier molecular flexibility index (Phi) is 4.75. The zero-order chi connectivity index (χ0) is 17.8. The van der Waals surface area contributed by atoms with Crippen LogP contribution in [0.1, 0.15) is 18.1 Å². The Balaban J connectivity index is 1.51. The van der Waals surface area contributed by atoms with E-state index in [-0.39, 0.29) is 0 Å². The first kappa shape index (κ1) is 16.5. The SMILES string of the molecule is CCN(Cc1ccncc1)Cc1ccc(-c2ccnc3[nH]ccc23)cc1. The molecule has 4 aromatic rings. The van der Waals surface area contributed by atoms with E-state index >= 15 is 0 Å². The van der Waals surface area contributed by atoms with Crippen molar-refractivity contribution < 1.29 is 0 Å². The monoisotopic (exact) mass is 342 g/mol. The molecule has 0 saturated carbocycles. The quantitative estimate of drug-likeness (QED) is 0.555. The van der Waals surface area contributed by atoms with Gasteiger partial charge in [-0.15, -0.1) is 0 Å². The second kappa shape index (κ2) is 7.50. The molecule has 4 heteroatoms. The number of benzene rings is 1. The molecule has 0 aliphatic carbocycles. The van der Waals surface area contributed by atoms with Gasteiger partial charge in [-0.25, -0.2) is 4.98 Å². The molecular formula is C22H22N4. The van der Waals surface area contributed by atoms with Gasteiger partial charge >= 0.3 is 0 Å². The Bertz CT molecular complexity index is 974. The number of aromatic nitrogens is 3. The molecular weight excluding hydrogens is 320 g/mol. The fourth-order valence-corrected chi connectivity index (χ4v) is 3.29. The lowest BCUT2D eigenvalue weighted by atomic mass is 10.0. The predicted molar refractivity (Wildman–Crippen MR) is 106 cm³/mol. The molecule has 0 fully saturated rings. The van der Waals surface area contributed by atoms with Crippen LogP contribution < -0.4 is 0 Å². The number of nitrogens with one attached hydrogen (secondary N) is 1. The summed E-state index contributed by atoms with van der Waals surface area (Å²) in [4.78, 5) is 14.1. The number of rotatable bonds is 6. The summed E-state index contributed by atoms with van der Waals surface area (Å²) >= 11 is 0. The maximum atomic E-state index is 4.37. The Morgan fingerprint density at radius 2 is 1.58 bits per heavy atom. The van der Waals surface area contributed by atoms with Crippen molar-refractivity contribution in [2.24, 2.45) is 0 Å². The van der Waals surface area contributed by atoms with E-state index in [9.17, 15) is 0 Å². The molecule has 0 amide bonds. The number of hydrogen-bond acceptors (Lipinski definition) is 3. The number of nitrogens with zero attached hydrogens (tertiary/aromatic N) is 3. The third-order valence-electron chi connectivity index (χ3n) is 4.73. The van der Waals surface area contributed by atoms with Crippen molar-refractivity contribution in [2.75, 3.05) is 6.54 Å². The summed E-state index contributed by atoms with van der Waals surface area (Å²) in [5.74, 6) is 0. The van der Waals surface area contributed by atoms with Crippen LogP contribution in [0, 0.1) is 0 Å². The summed E-state index contributed by atoms with van der Waals surface area (Å²) in [6, 6.07) is 17.2. The van der Waals surface area contributed by atoms with Crippen molar-refractivity contribution in [1.82, 2.24) is 19.9 Å². The number of H-pyrrole nitrogens is 1. The van der Waals surface area contributed by atoms with Crippen molar-refractivity contribution in [3.63, 3.8) is 0 Å². The van der Waals surface area contributed by atoms with Crippen molar-refractivity contribution in [1.29, 1.82) is 0 Å². The van der Waals surface area contributed by atoms with Gasteiger partial charge in [-0.2, -0.15) is 0 Å². The Morgan fingerprint density at radius 3 is 2.31 bits per heavy atom. The topological polar surface area (TPSA) is 44.8 Å². The van der Waals surface area contributed by atoms with E-state index in [2.05, 4.69) is 75.3 Å². The van der Waals surface area contributed by atoms with Crippen molar-refractivity contribution in [3.8, 4) is 11.1 Å². The second-order valence-electron chi connectivity index (χ2n) is 6.45. The van der Waals surface area contributed by atoms with E-state index < -0.39 is 0 Å². The van der Waals surface area contributed by atoms with Crippen LogP contribution in [0.15, 0.2) is 73.3 Å². The third-order valence-corrected chi connectivity index (χ3v) is 4.73. The van der Waals surface area contributed by atoms with E-state index in [0.717, 1.165) is 30.7 Å². The van der Waals surface area contributed by atoms with Gasteiger partial charge in [0.25, 0.3) is 0 Å². The first-order chi connectivity index (χ1) is 12.8. The molecule has 0 bridgehead atoms. The molecule has 0 aliphatic heterocycles. The normalized spacial score (nSPS) is 11.3. The zero-order valence-electron chi connectivity index (χ0n) is 14.9. The highest BCUT2D eigenvalue weighted by molar-refractivity contribution is 5.92. The molecule has 1 aromatic carbocycles. The standard InChI is InChI=1S/C22H22N4/c1-2-26(16-18-7-11-23-12-8-18)15-17-3-5-19(6-4-17)20-9-13-24-22-21(20)10-14-25-22/h3-14H,2,15-16H2,1H3,(H,24,25). The number of aromatic amines is 1. The van der Waals surface area contributed by atoms with Crippen molar-refractivity contribution >= 4 is 11.0 Å². The van der Waals surface area contributed by atoms with E-state index in [1.807, 2.05) is 24.8 Å². The van der Waals surface area contributed by atoms with Gasteiger partial charge in [0.15, 0.2) is 0 Å². The second-order valence-corrected chi connectivity index (χ2v) is 6.45. The van der Waals surface area contributed by atoms with Crippen LogP contribution in [0.5, 0.6) is 0 Å². The van der Waals surface area contributed by atoms with Crippen LogP contribution in [-0.2, 0) is 13.1 Å². The minimum absolute atomic E-state index is 0.932. The van der Waals surface area contributed by atoms with Crippen molar-refractivity contribution in [3.05, 3.63) is 84.4 Å². The minimum Gasteiger partial charge on any atom is -0.346 e. The van der Waals surface area contributed by atoms with Gasteiger partial charge in [0.05, 0.1) is 0 Å². The van der Waals surface area contributed by atoms with Gasteiger partial charge in [0.1, 0.15) is 5.65 Å². The molecule has 130 valence electrons. The summed E-state index contributed by atoms with van der Waals surface area (Å²) < 4.78 is 0. The van der Waals surface area contributed by atoms with Gasteiger partial charge in [-0.3, -0.25) is 9.88 Å². The Hall–Kier alpha value is -2.98. The van der Waals surface area contributed by atoms with Crippen LogP contribution in [0.3, 0.4) is 0 Å². The number of fused-ring (bicyclic) bond motifs is 1. The molecule has 0 spiro atoms. The number of pyridine rings is 2. The zero-order valence-corrected chi connectivity index (χ0v) is 14.9. The van der Waals surface area contributed by atoms with E-state index in [4.69, 9.17) is 0 Å². The van der Waals surface area contributed by atoms with Gasteiger partial charge in [-0.05, 0) is 53.1 Å². The lowest BCUT2D eigenvalue weighted by Crippen LogP contribution is -2.22. The smallest absolute Gasteiger partial charge is 0.137 e. The van der Waals surface area contributed by atoms with Crippen LogP contribution in [0.25, 0.3) is 22.2 Å². The predicted octanol–water partition coefficient (Wildman–Crippen LogP) is 4.65. The van der Waals surface area contributed by atoms with E-state index in [1.54, 1.807) is 0 Å². The lowest BCUT2D eigenvalue weighted by molar-refractivity contribution is 0.271. The first-order valence-electron chi connectivity index (χ1n) is 8.96. The van der Waals surface area contributed by atoms with Crippen LogP contribution in [-0.4, -0.2) is 26.4 Å². The van der Waals surface area contributed by atoms with Crippen LogP contribution in [0.4, 0.5) is 0 Å². The average molecular weight is 342 g/mol. The average Bonchev–Trinajstić information content (AvgIpc) is 3.18. The molecule has 1 N–H and O–H groups in total. The maximum absolute atomic E-state index is 4.37. The summed E-state index contributed by atoms with van der Waals surface area (Å²) in [5.41, 5.74) is 5.99. The van der Waals surface area contributed by atoms with E-state index in [1.165, 1.54) is 22.3 Å². The third kappa shape index (κ3) is 3.51. The molecule has 3 heterocycles. The molecule has 0 atom stereocenters. The molecule has 26 heavy (non-hydrogen) atoms. The molecule has 0 aliphatic rings. The van der Waals surface area contributed by atoms with Gasteiger partial charge in [0.2, 0.25) is 0 Å². The fraction of sp³-hybridized carbons (Fsp3) is 0.182. The molecule has 3 aromatic heterocycles. The highest BCUT2D eigenvalue weighted by Crippen LogP contribution is 2.27. The van der Waals surface area contributed by atoms with Crippen LogP contribution in [0.2, 0.25) is 0 Å². The fourth-order valence-electron chi connectivity index (χ4n) is 3.29. The van der Waals surface area contributed by atoms with Gasteiger partial charge < -0.3 is 4.98 Å². The molecule has 4 rings (SSSR count). The molecule has 0 radical (unpaired) electrons.